The van der Waals surface area contributed by atoms with Crippen molar-refractivity contribution in [1.82, 2.24) is 4.98 Å². The number of carbonyl (C=O) groups excluding carboxylic acids is 1. The van der Waals surface area contributed by atoms with Crippen LogP contribution in [0, 0.1) is 17.0 Å². The lowest BCUT2D eigenvalue weighted by Crippen LogP contribution is -2.03. The number of aromatic nitrogens is 1. The van der Waals surface area contributed by atoms with Gasteiger partial charge < -0.3 is 14.2 Å². The van der Waals surface area contributed by atoms with Crippen LogP contribution in [-0.2, 0) is 4.74 Å². The van der Waals surface area contributed by atoms with Gasteiger partial charge in [0.05, 0.1) is 24.7 Å². The first kappa shape index (κ1) is 16.2. The molecule has 0 amide bonds. The summed E-state index contributed by atoms with van der Waals surface area (Å²) in [7, 11) is 2.65. The number of aryl methyl sites for hydroxylation is 1. The highest BCUT2D eigenvalue weighted by molar-refractivity contribution is 5.90. The topological polar surface area (TPSA) is 101 Å². The van der Waals surface area contributed by atoms with Crippen LogP contribution in [-0.4, -0.2) is 30.1 Å². The van der Waals surface area contributed by atoms with Crippen molar-refractivity contribution in [3.8, 4) is 17.4 Å². The molecule has 0 bridgehead atoms. The quantitative estimate of drug-likeness (QED) is 0.474. The molecule has 2 aromatic rings. The molecule has 0 saturated carbocycles. The fourth-order valence-corrected chi connectivity index (χ4v) is 1.85. The van der Waals surface area contributed by atoms with Crippen LogP contribution in [0.25, 0.3) is 0 Å². The predicted molar refractivity (Wildman–Crippen MR) is 80.0 cm³/mol. The summed E-state index contributed by atoms with van der Waals surface area (Å²) in [5, 5.41) is 11.1. The number of hydrogen-bond acceptors (Lipinski definition) is 7. The number of nitrogens with zero attached hydrogens (tertiary/aromatic N) is 2. The number of pyridine rings is 1. The molecule has 0 aliphatic carbocycles. The van der Waals surface area contributed by atoms with Crippen molar-refractivity contribution in [2.75, 3.05) is 14.2 Å². The minimum absolute atomic E-state index is 0.162. The molecular weight excluding hydrogens is 304 g/mol. The maximum Gasteiger partial charge on any atom is 0.337 e. The number of ether oxygens (including phenoxy) is 3. The molecule has 0 saturated heterocycles. The summed E-state index contributed by atoms with van der Waals surface area (Å²) in [5.41, 5.74) is 0.643. The number of rotatable bonds is 5. The van der Waals surface area contributed by atoms with E-state index in [1.165, 1.54) is 44.7 Å². The maximum atomic E-state index is 11.5. The van der Waals surface area contributed by atoms with Crippen LogP contribution in [0.4, 0.5) is 5.69 Å². The molecule has 1 heterocycles. The highest BCUT2D eigenvalue weighted by Gasteiger charge is 2.20. The van der Waals surface area contributed by atoms with Gasteiger partial charge in [0.2, 0.25) is 0 Å². The maximum absolute atomic E-state index is 11.5. The van der Waals surface area contributed by atoms with Gasteiger partial charge in [0.1, 0.15) is 0 Å². The van der Waals surface area contributed by atoms with Gasteiger partial charge in [0, 0.05) is 12.3 Å². The van der Waals surface area contributed by atoms with Gasteiger partial charge in [-0.2, -0.15) is 0 Å². The summed E-state index contributed by atoms with van der Waals surface area (Å²) >= 11 is 0. The first-order valence-electron chi connectivity index (χ1n) is 6.51. The van der Waals surface area contributed by atoms with Gasteiger partial charge in [0.25, 0.3) is 5.88 Å². The van der Waals surface area contributed by atoms with Crippen LogP contribution in [0.3, 0.4) is 0 Å². The molecule has 0 radical (unpaired) electrons. The van der Waals surface area contributed by atoms with E-state index in [0.29, 0.717) is 5.56 Å². The van der Waals surface area contributed by atoms with E-state index >= 15 is 0 Å². The molecule has 8 nitrogen and oxygen atoms in total. The van der Waals surface area contributed by atoms with Crippen LogP contribution in [0.2, 0.25) is 0 Å². The number of benzene rings is 1. The summed E-state index contributed by atoms with van der Waals surface area (Å²) in [6.45, 7) is 1.69. The van der Waals surface area contributed by atoms with Crippen LogP contribution in [0.15, 0.2) is 30.5 Å². The van der Waals surface area contributed by atoms with Crippen molar-refractivity contribution in [2.24, 2.45) is 0 Å². The van der Waals surface area contributed by atoms with E-state index in [9.17, 15) is 14.9 Å². The molecule has 0 atom stereocenters. The highest BCUT2D eigenvalue weighted by atomic mass is 16.6. The number of nitro groups is 1. The van der Waals surface area contributed by atoms with Gasteiger partial charge in [-0.3, -0.25) is 10.1 Å². The summed E-state index contributed by atoms with van der Waals surface area (Å²) in [5.74, 6) is -0.275. The molecule has 23 heavy (non-hydrogen) atoms. The Balaban J connectivity index is 2.41. The molecule has 0 aliphatic rings. The Morgan fingerprint density at radius 1 is 1.22 bits per heavy atom. The Morgan fingerprint density at radius 2 is 1.96 bits per heavy atom. The van der Waals surface area contributed by atoms with Crippen molar-refractivity contribution in [2.45, 2.75) is 6.92 Å². The molecule has 0 aliphatic heterocycles. The van der Waals surface area contributed by atoms with Gasteiger partial charge >= 0.3 is 11.7 Å². The minimum Gasteiger partial charge on any atom is -0.493 e. The summed E-state index contributed by atoms with van der Waals surface area (Å²) in [6, 6.07) is 5.69. The standard InChI is InChI=1S/C15H14N2O6/c1-9-6-11(17(19)20)14(16-8-9)23-12-5-4-10(15(18)22-3)7-13(12)21-2/h4-8H,1-3H3. The highest BCUT2D eigenvalue weighted by Crippen LogP contribution is 2.35. The summed E-state index contributed by atoms with van der Waals surface area (Å²) < 4.78 is 15.3. The Hall–Kier alpha value is -3.16. The second-order valence-electron chi connectivity index (χ2n) is 4.55. The zero-order chi connectivity index (χ0) is 17.0. The lowest BCUT2D eigenvalue weighted by Gasteiger charge is -2.11. The Bertz CT molecular complexity index is 760. The summed E-state index contributed by atoms with van der Waals surface area (Å²) in [4.78, 5) is 26.0. The zero-order valence-electron chi connectivity index (χ0n) is 12.7. The first-order chi connectivity index (χ1) is 11.0. The second-order valence-corrected chi connectivity index (χ2v) is 4.55. The van der Waals surface area contributed by atoms with Crippen molar-refractivity contribution < 1.29 is 23.9 Å². The molecule has 0 N–H and O–H groups in total. The fourth-order valence-electron chi connectivity index (χ4n) is 1.85. The second kappa shape index (κ2) is 6.73. The van der Waals surface area contributed by atoms with Gasteiger partial charge in [-0.05, 0) is 30.7 Å². The largest absolute Gasteiger partial charge is 0.493 e. The Labute approximate surface area is 131 Å². The van der Waals surface area contributed by atoms with Crippen molar-refractivity contribution in [3.05, 3.63) is 51.7 Å². The molecule has 0 spiro atoms. The van der Waals surface area contributed by atoms with E-state index in [1.807, 2.05) is 0 Å². The van der Waals surface area contributed by atoms with E-state index in [2.05, 4.69) is 9.72 Å². The summed E-state index contributed by atoms with van der Waals surface area (Å²) in [6.07, 6.45) is 1.46. The van der Waals surface area contributed by atoms with Crippen molar-refractivity contribution in [3.63, 3.8) is 0 Å². The van der Waals surface area contributed by atoms with E-state index in [4.69, 9.17) is 9.47 Å². The van der Waals surface area contributed by atoms with Gasteiger partial charge in [-0.25, -0.2) is 9.78 Å². The molecule has 8 heteroatoms. The van der Waals surface area contributed by atoms with Gasteiger partial charge in [0.15, 0.2) is 11.5 Å². The number of hydrogen-bond donors (Lipinski definition) is 0. The molecular formula is C15H14N2O6. The normalized spacial score (nSPS) is 10.0. The van der Waals surface area contributed by atoms with Crippen LogP contribution in [0.1, 0.15) is 15.9 Å². The van der Waals surface area contributed by atoms with Gasteiger partial charge in [-0.1, -0.05) is 0 Å². The molecule has 120 valence electrons. The third-order valence-corrected chi connectivity index (χ3v) is 2.96. The van der Waals surface area contributed by atoms with E-state index in [-0.39, 0.29) is 28.6 Å². The van der Waals surface area contributed by atoms with E-state index in [1.54, 1.807) is 6.92 Å². The Kier molecular flexibility index (Phi) is 4.75. The molecule has 0 fully saturated rings. The molecule has 1 aromatic carbocycles. The average molecular weight is 318 g/mol. The van der Waals surface area contributed by atoms with Crippen molar-refractivity contribution >= 4 is 11.7 Å². The molecule has 1 aromatic heterocycles. The lowest BCUT2D eigenvalue weighted by molar-refractivity contribution is -0.386. The third kappa shape index (κ3) is 3.54. The number of esters is 1. The van der Waals surface area contributed by atoms with E-state index < -0.39 is 10.9 Å². The lowest BCUT2D eigenvalue weighted by atomic mass is 10.2. The monoisotopic (exact) mass is 318 g/mol. The Morgan fingerprint density at radius 3 is 2.57 bits per heavy atom. The van der Waals surface area contributed by atoms with Crippen LogP contribution in [0.5, 0.6) is 17.4 Å². The number of carbonyl (C=O) groups is 1. The molecule has 0 unspecified atom stereocenters. The minimum atomic E-state index is -0.579. The first-order valence-corrected chi connectivity index (χ1v) is 6.51. The predicted octanol–water partition coefficient (Wildman–Crippen LogP) is 2.89. The van der Waals surface area contributed by atoms with E-state index in [0.717, 1.165) is 0 Å². The number of methoxy groups -OCH3 is 2. The van der Waals surface area contributed by atoms with Crippen LogP contribution < -0.4 is 9.47 Å². The van der Waals surface area contributed by atoms with Gasteiger partial charge in [-0.15, -0.1) is 0 Å². The SMILES string of the molecule is COC(=O)c1ccc(Oc2ncc(C)cc2[N+](=O)[O-])c(OC)c1. The third-order valence-electron chi connectivity index (χ3n) is 2.96. The van der Waals surface area contributed by atoms with Crippen LogP contribution >= 0.6 is 0 Å². The smallest absolute Gasteiger partial charge is 0.337 e. The molecule has 2 rings (SSSR count). The average Bonchev–Trinajstić information content (AvgIpc) is 2.55. The van der Waals surface area contributed by atoms with Crippen molar-refractivity contribution in [1.29, 1.82) is 0 Å². The fraction of sp³-hybridized carbons (Fsp3) is 0.200. The zero-order valence-corrected chi connectivity index (χ0v) is 12.7.